The highest BCUT2D eigenvalue weighted by molar-refractivity contribution is 6.22. The fourth-order valence-corrected chi connectivity index (χ4v) is 2.10. The molecule has 2 rings (SSSR count). The van der Waals surface area contributed by atoms with Gasteiger partial charge in [-0.15, -0.1) is 0 Å². The maximum atomic E-state index is 12.0. The van der Waals surface area contributed by atoms with Crippen molar-refractivity contribution in [3.8, 4) is 0 Å². The van der Waals surface area contributed by atoms with E-state index in [0.717, 1.165) is 4.90 Å². The van der Waals surface area contributed by atoms with Crippen molar-refractivity contribution in [3.63, 3.8) is 0 Å². The molecule has 2 N–H and O–H groups in total. The van der Waals surface area contributed by atoms with Gasteiger partial charge in [-0.25, -0.2) is 4.79 Å². The first kappa shape index (κ1) is 14.7. The van der Waals surface area contributed by atoms with Crippen LogP contribution in [0.2, 0.25) is 0 Å². The van der Waals surface area contributed by atoms with E-state index in [0.29, 0.717) is 0 Å². The lowest BCUT2D eigenvalue weighted by Crippen LogP contribution is -2.46. The standard InChI is InChI=1S/C14H14N2O5/c1-2-10(14(20)21)15-11(17)7-16-12(18)8-5-3-4-6-9(8)13(16)19/h3-6,10H,2,7H2,1H3,(H,15,17)(H,20,21). The Labute approximate surface area is 120 Å². The number of carbonyl (C=O) groups excluding carboxylic acids is 3. The van der Waals surface area contributed by atoms with E-state index in [1.807, 2.05) is 0 Å². The van der Waals surface area contributed by atoms with E-state index in [1.165, 1.54) is 12.1 Å². The van der Waals surface area contributed by atoms with Crippen LogP contribution in [0, 0.1) is 0 Å². The van der Waals surface area contributed by atoms with E-state index < -0.39 is 36.3 Å². The van der Waals surface area contributed by atoms with Gasteiger partial charge in [0, 0.05) is 0 Å². The summed E-state index contributed by atoms with van der Waals surface area (Å²) in [5, 5.41) is 11.1. The molecule has 0 radical (unpaired) electrons. The number of rotatable bonds is 5. The topological polar surface area (TPSA) is 104 Å². The maximum Gasteiger partial charge on any atom is 0.326 e. The lowest BCUT2D eigenvalue weighted by Gasteiger charge is -2.16. The van der Waals surface area contributed by atoms with Crippen molar-refractivity contribution in [1.29, 1.82) is 0 Å². The van der Waals surface area contributed by atoms with E-state index in [-0.39, 0.29) is 17.5 Å². The molecule has 0 aromatic heterocycles. The second-order valence-electron chi connectivity index (χ2n) is 4.61. The molecule has 1 aliphatic rings. The number of carboxylic acid groups (broad SMARTS) is 1. The lowest BCUT2D eigenvalue weighted by molar-refractivity contribution is -0.141. The summed E-state index contributed by atoms with van der Waals surface area (Å²) < 4.78 is 0. The minimum Gasteiger partial charge on any atom is -0.480 e. The van der Waals surface area contributed by atoms with Crippen molar-refractivity contribution in [2.75, 3.05) is 6.54 Å². The predicted octanol–water partition coefficient (Wildman–Crippen LogP) is 0.262. The van der Waals surface area contributed by atoms with Crippen LogP contribution < -0.4 is 5.32 Å². The molecule has 0 saturated heterocycles. The summed E-state index contributed by atoms with van der Waals surface area (Å²) in [4.78, 5) is 47.5. The van der Waals surface area contributed by atoms with Gasteiger partial charge in [-0.05, 0) is 18.6 Å². The largest absolute Gasteiger partial charge is 0.480 e. The van der Waals surface area contributed by atoms with Crippen LogP contribution in [0.3, 0.4) is 0 Å². The molecule has 1 aliphatic heterocycles. The lowest BCUT2D eigenvalue weighted by atomic mass is 10.1. The molecule has 1 aromatic rings. The van der Waals surface area contributed by atoms with Crippen LogP contribution in [-0.2, 0) is 9.59 Å². The molecular weight excluding hydrogens is 276 g/mol. The number of imide groups is 1. The molecule has 0 saturated carbocycles. The monoisotopic (exact) mass is 290 g/mol. The van der Waals surface area contributed by atoms with Crippen LogP contribution in [0.15, 0.2) is 24.3 Å². The third-order valence-electron chi connectivity index (χ3n) is 3.22. The number of hydrogen-bond acceptors (Lipinski definition) is 4. The number of hydrogen-bond donors (Lipinski definition) is 2. The molecule has 110 valence electrons. The maximum absolute atomic E-state index is 12.0. The molecule has 1 atom stereocenters. The highest BCUT2D eigenvalue weighted by atomic mass is 16.4. The smallest absolute Gasteiger partial charge is 0.326 e. The van der Waals surface area contributed by atoms with E-state index in [1.54, 1.807) is 19.1 Å². The third-order valence-corrected chi connectivity index (χ3v) is 3.22. The zero-order valence-corrected chi connectivity index (χ0v) is 11.3. The molecule has 7 heteroatoms. The summed E-state index contributed by atoms with van der Waals surface area (Å²) in [5.41, 5.74) is 0.501. The van der Waals surface area contributed by atoms with Crippen molar-refractivity contribution < 1.29 is 24.3 Å². The average Bonchev–Trinajstić information content (AvgIpc) is 2.70. The van der Waals surface area contributed by atoms with Crippen LogP contribution in [-0.4, -0.2) is 46.3 Å². The Balaban J connectivity index is 2.08. The number of aliphatic carboxylic acids is 1. The summed E-state index contributed by atoms with van der Waals surface area (Å²) in [5.74, 6) is -2.93. The van der Waals surface area contributed by atoms with Gasteiger partial charge in [0.2, 0.25) is 5.91 Å². The Morgan fingerprint density at radius 2 is 1.71 bits per heavy atom. The molecule has 3 amide bonds. The van der Waals surface area contributed by atoms with E-state index >= 15 is 0 Å². The van der Waals surface area contributed by atoms with Crippen molar-refractivity contribution in [1.82, 2.24) is 10.2 Å². The summed E-state index contributed by atoms with van der Waals surface area (Å²) in [7, 11) is 0. The van der Waals surface area contributed by atoms with Crippen molar-refractivity contribution in [2.45, 2.75) is 19.4 Å². The van der Waals surface area contributed by atoms with Crippen LogP contribution in [0.25, 0.3) is 0 Å². The molecule has 0 bridgehead atoms. The Hall–Kier alpha value is -2.70. The van der Waals surface area contributed by atoms with Crippen molar-refractivity contribution >= 4 is 23.7 Å². The first-order valence-electron chi connectivity index (χ1n) is 6.43. The van der Waals surface area contributed by atoms with Gasteiger partial charge in [0.25, 0.3) is 11.8 Å². The molecule has 0 aliphatic carbocycles. The molecule has 1 heterocycles. The number of nitrogens with zero attached hydrogens (tertiary/aromatic N) is 1. The first-order valence-corrected chi connectivity index (χ1v) is 6.43. The van der Waals surface area contributed by atoms with Crippen LogP contribution in [0.4, 0.5) is 0 Å². The summed E-state index contributed by atoms with van der Waals surface area (Å²) in [6, 6.07) is 5.25. The van der Waals surface area contributed by atoms with E-state index in [2.05, 4.69) is 5.32 Å². The molecule has 0 spiro atoms. The van der Waals surface area contributed by atoms with Gasteiger partial charge < -0.3 is 10.4 Å². The highest BCUT2D eigenvalue weighted by Crippen LogP contribution is 2.21. The second-order valence-corrected chi connectivity index (χ2v) is 4.61. The van der Waals surface area contributed by atoms with Crippen LogP contribution in [0.1, 0.15) is 34.1 Å². The predicted molar refractivity (Wildman–Crippen MR) is 71.7 cm³/mol. The van der Waals surface area contributed by atoms with E-state index in [9.17, 15) is 19.2 Å². The first-order chi connectivity index (χ1) is 9.95. The SMILES string of the molecule is CCC(NC(=O)CN1C(=O)c2ccccc2C1=O)C(=O)O. The van der Waals surface area contributed by atoms with Gasteiger partial charge in [-0.3, -0.25) is 19.3 Å². The summed E-state index contributed by atoms with van der Waals surface area (Å²) in [6.45, 7) is 1.12. The Bertz CT molecular complexity index is 591. The Morgan fingerprint density at radius 3 is 2.14 bits per heavy atom. The number of amides is 3. The number of carbonyl (C=O) groups is 4. The summed E-state index contributed by atoms with van der Waals surface area (Å²) >= 11 is 0. The average molecular weight is 290 g/mol. The van der Waals surface area contributed by atoms with Crippen LogP contribution in [0.5, 0.6) is 0 Å². The Morgan fingerprint density at radius 1 is 1.19 bits per heavy atom. The van der Waals surface area contributed by atoms with Crippen molar-refractivity contribution in [2.24, 2.45) is 0 Å². The van der Waals surface area contributed by atoms with Gasteiger partial charge in [0.1, 0.15) is 12.6 Å². The van der Waals surface area contributed by atoms with Gasteiger partial charge in [-0.1, -0.05) is 19.1 Å². The molecular formula is C14H14N2O5. The van der Waals surface area contributed by atoms with Gasteiger partial charge in [0.15, 0.2) is 0 Å². The minimum atomic E-state index is -1.16. The zero-order valence-electron chi connectivity index (χ0n) is 11.3. The van der Waals surface area contributed by atoms with Gasteiger partial charge in [-0.2, -0.15) is 0 Å². The van der Waals surface area contributed by atoms with Gasteiger partial charge in [0.05, 0.1) is 11.1 Å². The fourth-order valence-electron chi connectivity index (χ4n) is 2.10. The second kappa shape index (κ2) is 5.74. The highest BCUT2D eigenvalue weighted by Gasteiger charge is 2.36. The van der Waals surface area contributed by atoms with E-state index in [4.69, 9.17) is 5.11 Å². The molecule has 7 nitrogen and oxygen atoms in total. The zero-order chi connectivity index (χ0) is 15.6. The quantitative estimate of drug-likeness (QED) is 0.757. The number of fused-ring (bicyclic) bond motifs is 1. The fraction of sp³-hybridized carbons (Fsp3) is 0.286. The number of carboxylic acids is 1. The molecule has 1 aromatic carbocycles. The molecule has 0 fully saturated rings. The third kappa shape index (κ3) is 2.76. The molecule has 1 unspecified atom stereocenters. The minimum absolute atomic E-state index is 0.211. The molecule has 21 heavy (non-hydrogen) atoms. The Kier molecular flexibility index (Phi) is 4.02. The van der Waals surface area contributed by atoms with Crippen LogP contribution >= 0.6 is 0 Å². The number of benzene rings is 1. The van der Waals surface area contributed by atoms with Crippen molar-refractivity contribution in [3.05, 3.63) is 35.4 Å². The van der Waals surface area contributed by atoms with Gasteiger partial charge >= 0.3 is 5.97 Å². The number of nitrogens with one attached hydrogen (secondary N) is 1. The summed E-state index contributed by atoms with van der Waals surface area (Å²) in [6.07, 6.45) is 0.211. The normalized spacial score (nSPS) is 14.8.